The number of benzene rings is 7. The molecule has 9 aromatic rings. The van der Waals surface area contributed by atoms with Crippen LogP contribution in [0.3, 0.4) is 0 Å². The largest absolute Gasteiger partial charge is 0.504 e. The lowest BCUT2D eigenvalue weighted by Crippen LogP contribution is -2.62. The summed E-state index contributed by atoms with van der Waals surface area (Å²) in [5.74, 6) is -42.5. The number of hydrogen-bond acceptors (Lipinski definition) is 35. The molecule has 2 aliphatic heterocycles. The Morgan fingerprint density at radius 3 is 1.55 bits per heavy atom. The van der Waals surface area contributed by atoms with Crippen molar-refractivity contribution in [3.63, 3.8) is 0 Å². The first-order chi connectivity index (χ1) is 42.8. The van der Waals surface area contributed by atoms with Gasteiger partial charge in [-0.3, -0.25) is 0 Å². The van der Waals surface area contributed by atoms with E-state index in [0.29, 0.717) is 24.3 Å². The molecule has 1 saturated heterocycles. The lowest BCUT2D eigenvalue weighted by molar-refractivity contribution is -0.284. The van der Waals surface area contributed by atoms with Crippen LogP contribution in [0.5, 0.6) is 126 Å². The minimum absolute atomic E-state index is 0.224. The second kappa shape index (κ2) is 21.0. The van der Waals surface area contributed by atoms with Crippen molar-refractivity contribution in [2.45, 2.75) is 30.7 Å². The zero-order valence-electron chi connectivity index (χ0n) is 44.1. The topological polar surface area (TPSA) is 615 Å². The average molecular weight is 1270 g/mol. The van der Waals surface area contributed by atoms with Crippen LogP contribution in [-0.4, -0.2) is 169 Å². The molecule has 1 unspecified atom stereocenters. The van der Waals surface area contributed by atoms with Gasteiger partial charge in [0.15, 0.2) is 111 Å². The van der Waals surface area contributed by atoms with E-state index in [1.54, 1.807) is 0 Å². The Kier molecular flexibility index (Phi) is 13.7. The van der Waals surface area contributed by atoms with E-state index in [1.165, 1.54) is 0 Å². The van der Waals surface area contributed by atoms with Gasteiger partial charge in [0, 0.05) is 34.5 Å². The van der Waals surface area contributed by atoms with E-state index >= 15 is 4.79 Å². The molecule has 0 radical (unpaired) electrons. The number of phenols is 18. The van der Waals surface area contributed by atoms with Gasteiger partial charge in [-0.2, -0.15) is 0 Å². The number of aromatic hydroxyl groups is 18. The number of ether oxygens (including phenoxy) is 7. The van der Waals surface area contributed by atoms with Crippen LogP contribution >= 0.6 is 0 Å². The third-order valence-electron chi connectivity index (χ3n) is 14.1. The quantitative estimate of drug-likeness (QED) is 0.0325. The number of carboxylic acids is 1. The fourth-order valence-corrected chi connectivity index (χ4v) is 9.87. The summed E-state index contributed by atoms with van der Waals surface area (Å²) in [6.07, 6.45) is -13.8. The van der Waals surface area contributed by atoms with Crippen LogP contribution in [-0.2, 0) is 23.7 Å². The standard InChI is InChI=1S/C55H34O36/c56-15-1-9(2-16(57)28(15)62)49(76)90-46-42-22(8-83-50(77)10-3-17(58)29(63)34(68)23(10)26-27(54(81)87-42)45(39(73)36(70)35(26)69)86-40-13(48(74)75)5-18(59)30(64)37(40)71)85-55(82)47(46)91-53(80)14-6-19(60)31(65)38(72)41(14)84-21-7-12-25-24-11(51(78)89-44(25)33(21)67)4-20(61)32(66)43(24)88-52(12)79/h1-7,22,42,46-47,55-73,82H,8H2,(H,74,75)/t22-,42-,46+,47-,55?/m1/s1. The predicted molar refractivity (Wildman–Crippen MR) is 284 cm³/mol. The van der Waals surface area contributed by atoms with Gasteiger partial charge in [0.25, 0.3) is 0 Å². The number of aromatic carboxylic acids is 1. The molecule has 0 bridgehead atoms. The number of carbonyl (C=O) groups excluding carboxylic acids is 4. The number of cyclic esters (lactones) is 1. The lowest BCUT2D eigenvalue weighted by Gasteiger charge is -2.42. The molecule has 5 atom stereocenters. The molecule has 0 saturated carbocycles. The van der Waals surface area contributed by atoms with Gasteiger partial charge < -0.3 is 144 Å². The average Bonchev–Trinajstić information content (AvgIpc) is 0.956. The zero-order chi connectivity index (χ0) is 66.2. The second-order valence-corrected chi connectivity index (χ2v) is 19.5. The Hall–Kier alpha value is -13.3. The fraction of sp³-hybridized carbons (Fsp3) is 0.109. The van der Waals surface area contributed by atoms with Crippen LogP contribution in [0.1, 0.15) is 51.8 Å². The third-order valence-corrected chi connectivity index (χ3v) is 14.1. The maximum atomic E-state index is 15.3. The number of carboxylic acid groups (broad SMARTS) is 1. The summed E-state index contributed by atoms with van der Waals surface area (Å²) in [5, 5.41) is 214. The SMILES string of the molecule is O=C(O[C@H]1[C@@H]2OC(=O)c3c(Oc4c(C(=O)O)cc(O)c(O)c4O)c(O)c(O)c(O)c3-c3c(cc(O)c(O)c3O)C(=O)OC[C@H]2OC(O)[C@@H]1OC(=O)c1cc(O)c(O)c(O)c1Oc1cc2c(=O)oc3c(O)c(O)cc4c(=O)oc(c1O)c2c34)c1cc(O)c(O)c(O)c1. The highest BCUT2D eigenvalue weighted by atomic mass is 16.7. The van der Waals surface area contributed by atoms with Crippen molar-refractivity contribution in [2.75, 3.05) is 6.61 Å². The van der Waals surface area contributed by atoms with Crippen molar-refractivity contribution in [3.05, 3.63) is 91.1 Å². The number of phenolic OH excluding ortho intramolecular Hbond substituents is 18. The molecule has 470 valence electrons. The van der Waals surface area contributed by atoms with E-state index < -0.39 is 277 Å². The Balaban J connectivity index is 1.08. The van der Waals surface area contributed by atoms with E-state index in [1.807, 2.05) is 0 Å². The van der Waals surface area contributed by atoms with Gasteiger partial charge >= 0.3 is 41.1 Å². The number of fused-ring (bicyclic) bond motifs is 4. The number of aliphatic hydroxyl groups excluding tert-OH is 1. The van der Waals surface area contributed by atoms with Gasteiger partial charge in [0.2, 0.25) is 51.7 Å². The summed E-state index contributed by atoms with van der Waals surface area (Å²) in [6, 6.07) is 2.97. The Bertz CT molecular complexity index is 4840. The Morgan fingerprint density at radius 2 is 0.945 bits per heavy atom. The molecule has 91 heavy (non-hydrogen) atoms. The maximum Gasteiger partial charge on any atom is 0.344 e. The summed E-state index contributed by atoms with van der Waals surface area (Å²) in [6.45, 7) is -1.45. The van der Waals surface area contributed by atoms with Crippen LogP contribution in [0.25, 0.3) is 43.8 Å². The van der Waals surface area contributed by atoms with Crippen molar-refractivity contribution in [2.24, 2.45) is 0 Å². The number of esters is 4. The summed E-state index contributed by atoms with van der Waals surface area (Å²) in [4.78, 5) is 97.7. The molecule has 4 heterocycles. The van der Waals surface area contributed by atoms with Gasteiger partial charge in [-0.25, -0.2) is 33.6 Å². The first kappa shape index (κ1) is 59.5. The van der Waals surface area contributed by atoms with Gasteiger partial charge in [-0.15, -0.1) is 0 Å². The van der Waals surface area contributed by atoms with Crippen LogP contribution < -0.4 is 20.7 Å². The van der Waals surface area contributed by atoms with Crippen molar-refractivity contribution < 1.29 is 168 Å². The van der Waals surface area contributed by atoms with E-state index in [4.69, 9.17) is 42.0 Å². The molecule has 7 aromatic carbocycles. The number of aliphatic hydroxyl groups is 1. The van der Waals surface area contributed by atoms with Crippen LogP contribution in [0.15, 0.2) is 60.9 Å². The number of carbonyl (C=O) groups is 5. The minimum atomic E-state index is -2.88. The van der Waals surface area contributed by atoms with E-state index in [2.05, 4.69) is 0 Å². The molecule has 0 aliphatic carbocycles. The second-order valence-electron chi connectivity index (χ2n) is 19.5. The van der Waals surface area contributed by atoms with Crippen LogP contribution in [0.2, 0.25) is 0 Å². The molecule has 36 nitrogen and oxygen atoms in total. The van der Waals surface area contributed by atoms with Crippen LogP contribution in [0.4, 0.5) is 0 Å². The third kappa shape index (κ3) is 9.21. The zero-order valence-corrected chi connectivity index (χ0v) is 44.1. The molecule has 2 aliphatic rings. The molecule has 0 amide bonds. The Morgan fingerprint density at radius 1 is 0.451 bits per heavy atom. The minimum Gasteiger partial charge on any atom is -0.504 e. The van der Waals surface area contributed by atoms with Gasteiger partial charge in [0.05, 0.1) is 27.5 Å². The van der Waals surface area contributed by atoms with Gasteiger partial charge in [0.1, 0.15) is 29.4 Å². The number of hydrogen-bond donors (Lipinski definition) is 20. The van der Waals surface area contributed by atoms with Crippen LogP contribution in [0, 0.1) is 0 Å². The van der Waals surface area contributed by atoms with Gasteiger partial charge in [-0.05, 0) is 24.3 Å². The van der Waals surface area contributed by atoms with Crippen molar-refractivity contribution >= 4 is 62.6 Å². The Labute approximate surface area is 495 Å². The van der Waals surface area contributed by atoms with E-state index in [-0.39, 0.29) is 12.1 Å². The summed E-state index contributed by atoms with van der Waals surface area (Å²) < 4.78 is 49.2. The highest BCUT2D eigenvalue weighted by Gasteiger charge is 2.54. The summed E-state index contributed by atoms with van der Waals surface area (Å²) in [7, 11) is 0. The normalized spacial score (nSPS) is 17.3. The lowest BCUT2D eigenvalue weighted by atomic mass is 9.91. The highest BCUT2D eigenvalue weighted by molar-refractivity contribution is 6.22. The molecular formula is C55H34O36. The molecule has 20 N–H and O–H groups in total. The number of rotatable bonds is 9. The summed E-state index contributed by atoms with van der Waals surface area (Å²) in [5.41, 5.74) is -14.1. The first-order valence-electron chi connectivity index (χ1n) is 24.9. The van der Waals surface area contributed by atoms with Crippen molar-refractivity contribution in [3.8, 4) is 138 Å². The molecule has 2 aromatic heterocycles. The molecule has 1 fully saturated rings. The summed E-state index contributed by atoms with van der Waals surface area (Å²) >= 11 is 0. The van der Waals surface area contributed by atoms with E-state index in [9.17, 15) is 131 Å². The fourth-order valence-electron chi connectivity index (χ4n) is 9.87. The monoisotopic (exact) mass is 1270 g/mol. The predicted octanol–water partition coefficient (Wildman–Crippen LogP) is 3.01. The van der Waals surface area contributed by atoms with Gasteiger partial charge in [-0.1, -0.05) is 0 Å². The first-order valence-corrected chi connectivity index (χ1v) is 24.9. The molecular weight excluding hydrogens is 1240 g/mol. The maximum absolute atomic E-state index is 15.3. The highest BCUT2D eigenvalue weighted by Crippen LogP contribution is 2.59. The molecule has 36 heteroatoms. The molecule has 0 spiro atoms. The smallest absolute Gasteiger partial charge is 0.344 e. The van der Waals surface area contributed by atoms with Crippen molar-refractivity contribution in [1.82, 2.24) is 0 Å². The van der Waals surface area contributed by atoms with E-state index in [0.717, 1.165) is 6.07 Å². The van der Waals surface area contributed by atoms with Crippen molar-refractivity contribution in [1.29, 1.82) is 0 Å². The molecule has 11 rings (SSSR count).